The average Bonchev–Trinajstić information content (AvgIpc) is 2.52. The quantitative estimate of drug-likeness (QED) is 0.616. The summed E-state index contributed by atoms with van der Waals surface area (Å²) >= 11 is 5.72. The smallest absolute Gasteiger partial charge is 0.330 e. The molecule has 2 amide bonds. The molecule has 8 heteroatoms. The van der Waals surface area contributed by atoms with Gasteiger partial charge in [-0.3, -0.25) is 9.59 Å². The summed E-state index contributed by atoms with van der Waals surface area (Å²) in [6.07, 6.45) is -0.0349. The number of hydrogen-bond donors (Lipinski definition) is 3. The summed E-state index contributed by atoms with van der Waals surface area (Å²) in [4.78, 5) is 34.6. The van der Waals surface area contributed by atoms with Crippen molar-refractivity contribution in [1.82, 2.24) is 10.6 Å². The molecule has 0 radical (unpaired) electrons. The minimum absolute atomic E-state index is 0.0349. The lowest BCUT2D eigenvalue weighted by Crippen LogP contribution is -2.44. The number of aliphatic hydroxyl groups is 1. The van der Waals surface area contributed by atoms with Gasteiger partial charge < -0.3 is 20.5 Å². The van der Waals surface area contributed by atoms with E-state index in [0.717, 1.165) is 7.11 Å². The van der Waals surface area contributed by atoms with Gasteiger partial charge in [-0.25, -0.2) is 4.79 Å². The molecule has 1 aromatic carbocycles. The molecule has 7 nitrogen and oxygen atoms in total. The van der Waals surface area contributed by atoms with Gasteiger partial charge in [-0.1, -0.05) is 11.6 Å². The van der Waals surface area contributed by atoms with E-state index in [1.54, 1.807) is 24.3 Å². The van der Waals surface area contributed by atoms with E-state index in [1.165, 1.54) is 0 Å². The average molecular weight is 329 g/mol. The predicted molar refractivity (Wildman–Crippen MR) is 79.4 cm³/mol. The zero-order valence-electron chi connectivity index (χ0n) is 12.0. The maximum atomic E-state index is 11.8. The van der Waals surface area contributed by atoms with Crippen LogP contribution in [0.2, 0.25) is 5.02 Å². The highest BCUT2D eigenvalue weighted by Crippen LogP contribution is 2.09. The molecule has 0 unspecified atom stereocenters. The fourth-order valence-electron chi connectivity index (χ4n) is 1.58. The molecule has 0 saturated carbocycles. The van der Waals surface area contributed by atoms with Crippen LogP contribution in [0.25, 0.3) is 0 Å². The Hall–Kier alpha value is -2.12. The zero-order chi connectivity index (χ0) is 16.5. The number of aliphatic hydroxyl groups excluding tert-OH is 1. The summed E-state index contributed by atoms with van der Waals surface area (Å²) in [6.45, 7) is -0.470. The van der Waals surface area contributed by atoms with Gasteiger partial charge in [0.05, 0.1) is 13.7 Å². The Bertz CT molecular complexity index is 533. The number of methoxy groups -OCH3 is 1. The molecule has 0 fully saturated rings. The molecule has 22 heavy (non-hydrogen) atoms. The van der Waals surface area contributed by atoms with Crippen molar-refractivity contribution >= 4 is 29.4 Å². The molecule has 0 bridgehead atoms. The molecule has 0 aliphatic carbocycles. The summed E-state index contributed by atoms with van der Waals surface area (Å²) < 4.78 is 4.42. The van der Waals surface area contributed by atoms with Crippen LogP contribution in [0, 0.1) is 0 Å². The maximum absolute atomic E-state index is 11.8. The summed E-state index contributed by atoms with van der Waals surface area (Å²) in [6, 6.07) is 5.20. The third kappa shape index (κ3) is 5.71. The van der Waals surface area contributed by atoms with Crippen LogP contribution in [0.4, 0.5) is 0 Å². The first-order chi connectivity index (χ1) is 10.5. The minimum Gasteiger partial charge on any atom is -0.467 e. The fourth-order valence-corrected chi connectivity index (χ4v) is 1.71. The van der Waals surface area contributed by atoms with Crippen molar-refractivity contribution in [3.05, 3.63) is 34.9 Å². The van der Waals surface area contributed by atoms with Gasteiger partial charge >= 0.3 is 5.97 Å². The van der Waals surface area contributed by atoms with Gasteiger partial charge in [0.15, 0.2) is 6.04 Å². The number of carbonyl (C=O) groups excluding carboxylic acids is 3. The number of esters is 1. The second kappa shape index (κ2) is 9.01. The van der Waals surface area contributed by atoms with Crippen LogP contribution in [0.1, 0.15) is 16.8 Å². The maximum Gasteiger partial charge on any atom is 0.330 e. The molecule has 1 atom stereocenters. The van der Waals surface area contributed by atoms with Gasteiger partial charge in [0, 0.05) is 23.6 Å². The SMILES string of the molecule is COC(=O)[C@@H](CO)NC(=O)CCNC(=O)c1ccc(Cl)cc1. The molecule has 0 aliphatic rings. The number of nitrogens with one attached hydrogen (secondary N) is 2. The summed E-state index contributed by atoms with van der Waals surface area (Å²) in [5.41, 5.74) is 0.424. The minimum atomic E-state index is -1.11. The van der Waals surface area contributed by atoms with Gasteiger partial charge in [-0.05, 0) is 24.3 Å². The molecule has 3 N–H and O–H groups in total. The topological polar surface area (TPSA) is 105 Å². The van der Waals surface area contributed by atoms with Gasteiger partial charge in [-0.15, -0.1) is 0 Å². The summed E-state index contributed by atoms with van der Waals surface area (Å²) in [5, 5.41) is 14.4. The molecule has 120 valence electrons. The Morgan fingerprint density at radius 2 is 1.91 bits per heavy atom. The van der Waals surface area contributed by atoms with E-state index in [9.17, 15) is 14.4 Å². The third-order valence-electron chi connectivity index (χ3n) is 2.75. The van der Waals surface area contributed by atoms with Gasteiger partial charge in [-0.2, -0.15) is 0 Å². The van der Waals surface area contributed by atoms with E-state index in [2.05, 4.69) is 15.4 Å². The van der Waals surface area contributed by atoms with Crippen molar-refractivity contribution in [2.75, 3.05) is 20.3 Å². The van der Waals surface area contributed by atoms with Crippen molar-refractivity contribution in [1.29, 1.82) is 0 Å². The van der Waals surface area contributed by atoms with Crippen molar-refractivity contribution in [2.24, 2.45) is 0 Å². The molecule has 0 saturated heterocycles. The number of ether oxygens (including phenoxy) is 1. The lowest BCUT2D eigenvalue weighted by Gasteiger charge is -2.13. The van der Waals surface area contributed by atoms with E-state index in [4.69, 9.17) is 16.7 Å². The lowest BCUT2D eigenvalue weighted by molar-refractivity contribution is -0.146. The molecular weight excluding hydrogens is 312 g/mol. The number of carbonyl (C=O) groups is 3. The van der Waals surface area contributed by atoms with Crippen LogP contribution in [0.15, 0.2) is 24.3 Å². The number of halogens is 1. The van der Waals surface area contributed by atoms with Gasteiger partial charge in [0.1, 0.15) is 0 Å². The van der Waals surface area contributed by atoms with Crippen molar-refractivity contribution in [2.45, 2.75) is 12.5 Å². The van der Waals surface area contributed by atoms with Crippen molar-refractivity contribution in [3.8, 4) is 0 Å². The largest absolute Gasteiger partial charge is 0.467 e. The molecule has 0 aromatic heterocycles. The Balaban J connectivity index is 2.37. The van der Waals surface area contributed by atoms with E-state index in [-0.39, 0.29) is 18.9 Å². The highest BCUT2D eigenvalue weighted by Gasteiger charge is 2.20. The monoisotopic (exact) mass is 328 g/mol. The van der Waals surface area contributed by atoms with E-state index < -0.39 is 24.5 Å². The van der Waals surface area contributed by atoms with Crippen LogP contribution >= 0.6 is 11.6 Å². The van der Waals surface area contributed by atoms with Crippen LogP contribution in [-0.4, -0.2) is 49.2 Å². The zero-order valence-corrected chi connectivity index (χ0v) is 12.7. The highest BCUT2D eigenvalue weighted by atomic mass is 35.5. The Kier molecular flexibility index (Phi) is 7.34. The summed E-state index contributed by atoms with van der Waals surface area (Å²) in [7, 11) is 1.16. The summed E-state index contributed by atoms with van der Waals surface area (Å²) in [5.74, 6) is -1.56. The predicted octanol–water partition coefficient (Wildman–Crippen LogP) is 0.110. The van der Waals surface area contributed by atoms with E-state index >= 15 is 0 Å². The lowest BCUT2D eigenvalue weighted by atomic mass is 10.2. The second-order valence-electron chi connectivity index (χ2n) is 4.34. The normalized spacial score (nSPS) is 11.4. The Morgan fingerprint density at radius 3 is 2.45 bits per heavy atom. The van der Waals surface area contributed by atoms with Gasteiger partial charge in [0.25, 0.3) is 5.91 Å². The number of rotatable bonds is 7. The second-order valence-corrected chi connectivity index (χ2v) is 4.78. The first-order valence-electron chi connectivity index (χ1n) is 6.49. The van der Waals surface area contributed by atoms with Crippen molar-refractivity contribution in [3.63, 3.8) is 0 Å². The highest BCUT2D eigenvalue weighted by molar-refractivity contribution is 6.30. The standard InChI is InChI=1S/C14H17ClN2O5/c1-22-14(21)11(8-18)17-12(19)6-7-16-13(20)9-2-4-10(15)5-3-9/h2-5,11,18H,6-8H2,1H3,(H,16,20)(H,17,19)/t11-/m1/s1. The molecule has 0 spiro atoms. The van der Waals surface area contributed by atoms with Crippen LogP contribution in [-0.2, 0) is 14.3 Å². The fraction of sp³-hybridized carbons (Fsp3) is 0.357. The molecule has 1 aromatic rings. The van der Waals surface area contributed by atoms with Crippen molar-refractivity contribution < 1.29 is 24.2 Å². The Morgan fingerprint density at radius 1 is 1.27 bits per heavy atom. The molecular formula is C14H17ClN2O5. The molecule has 1 rings (SSSR count). The first kappa shape index (κ1) is 17.9. The van der Waals surface area contributed by atoms with E-state index in [1.807, 2.05) is 0 Å². The first-order valence-corrected chi connectivity index (χ1v) is 6.87. The van der Waals surface area contributed by atoms with Crippen LogP contribution in [0.3, 0.4) is 0 Å². The number of benzene rings is 1. The van der Waals surface area contributed by atoms with E-state index in [0.29, 0.717) is 10.6 Å². The Labute approximate surface area is 132 Å². The third-order valence-corrected chi connectivity index (χ3v) is 3.00. The van der Waals surface area contributed by atoms with Crippen LogP contribution < -0.4 is 10.6 Å². The number of hydrogen-bond acceptors (Lipinski definition) is 5. The van der Waals surface area contributed by atoms with Crippen LogP contribution in [0.5, 0.6) is 0 Å². The number of amides is 2. The molecule has 0 heterocycles. The molecule has 0 aliphatic heterocycles. The van der Waals surface area contributed by atoms with Gasteiger partial charge in [0.2, 0.25) is 5.91 Å².